The zero-order valence-electron chi connectivity index (χ0n) is 20.5. The van der Waals surface area contributed by atoms with Crippen LogP contribution in [0.3, 0.4) is 0 Å². The van der Waals surface area contributed by atoms with Gasteiger partial charge in [-0.3, -0.25) is 9.59 Å². The van der Waals surface area contributed by atoms with E-state index in [0.717, 1.165) is 22.9 Å². The number of hydrogen-bond acceptors (Lipinski definition) is 5. The summed E-state index contributed by atoms with van der Waals surface area (Å²) in [6.45, 7) is 9.38. The van der Waals surface area contributed by atoms with Gasteiger partial charge in [-0.15, -0.1) is 0 Å². The molecule has 2 aromatic rings. The smallest absolute Gasteiger partial charge is 0.416 e. The number of amides is 2. The van der Waals surface area contributed by atoms with E-state index < -0.39 is 34.9 Å². The highest BCUT2D eigenvalue weighted by Gasteiger charge is 2.31. The van der Waals surface area contributed by atoms with E-state index in [1.54, 1.807) is 39.5 Å². The van der Waals surface area contributed by atoms with Crippen LogP contribution >= 0.6 is 0 Å². The van der Waals surface area contributed by atoms with Crippen molar-refractivity contribution >= 4 is 22.8 Å². The van der Waals surface area contributed by atoms with Crippen molar-refractivity contribution in [2.24, 2.45) is 0 Å². The molecular formula is C24H31F3N4O4. The van der Waals surface area contributed by atoms with E-state index in [1.807, 2.05) is 0 Å². The molecule has 0 saturated carbocycles. The summed E-state index contributed by atoms with van der Waals surface area (Å²) < 4.78 is 45.9. The Hall–Kier alpha value is -3.11. The van der Waals surface area contributed by atoms with Gasteiger partial charge in [-0.1, -0.05) is 13.8 Å². The number of benzene rings is 1. The standard InChI is InChI=1S/C24H31F3N4O4/c1-14(2)20-18-12-15(24(25,26)27)6-7-17(18)21(33)31(29-20)13-19(32)28-16-8-10-30(11-9-16)22(34)35-23(3,4)5/h6-7,12,14,16H,8-11,13H2,1-5H3,(H,28,32). The second-order valence-electron chi connectivity index (χ2n) is 10.1. The molecule has 0 atom stereocenters. The number of carbonyl (C=O) groups excluding carboxylic acids is 2. The zero-order valence-corrected chi connectivity index (χ0v) is 20.5. The molecule has 8 nitrogen and oxygen atoms in total. The number of rotatable bonds is 4. The molecule has 1 N–H and O–H groups in total. The number of alkyl halides is 3. The SMILES string of the molecule is CC(C)c1nn(CC(=O)NC2CCN(C(=O)OC(C)(C)C)CC2)c(=O)c2ccc(C(F)(F)F)cc12. The number of carbonyl (C=O) groups is 2. The second kappa shape index (κ2) is 9.87. The molecule has 0 unspecified atom stereocenters. The van der Waals surface area contributed by atoms with Crippen molar-refractivity contribution < 1.29 is 27.5 Å². The van der Waals surface area contributed by atoms with Crippen LogP contribution in [0.2, 0.25) is 0 Å². The van der Waals surface area contributed by atoms with Crippen molar-refractivity contribution in [2.45, 2.75) is 77.7 Å². The van der Waals surface area contributed by atoms with Crippen molar-refractivity contribution in [1.82, 2.24) is 20.0 Å². The lowest BCUT2D eigenvalue weighted by molar-refractivity contribution is -0.137. The van der Waals surface area contributed by atoms with E-state index >= 15 is 0 Å². The first-order chi connectivity index (χ1) is 16.2. The third kappa shape index (κ3) is 6.52. The first-order valence-corrected chi connectivity index (χ1v) is 11.5. The first kappa shape index (κ1) is 26.5. The number of piperidine rings is 1. The van der Waals surface area contributed by atoms with Crippen LogP contribution in [-0.2, 0) is 22.3 Å². The molecule has 11 heteroatoms. The lowest BCUT2D eigenvalue weighted by Crippen LogP contribution is -2.48. The number of aromatic nitrogens is 2. The van der Waals surface area contributed by atoms with Gasteiger partial charge in [0.25, 0.3) is 5.56 Å². The fourth-order valence-electron chi connectivity index (χ4n) is 3.96. The summed E-state index contributed by atoms with van der Waals surface area (Å²) in [5.41, 5.74) is -1.77. The fraction of sp³-hybridized carbons (Fsp3) is 0.583. The van der Waals surface area contributed by atoms with Crippen molar-refractivity contribution in [1.29, 1.82) is 0 Å². The summed E-state index contributed by atoms with van der Waals surface area (Å²) in [5.74, 6) is -0.704. The molecule has 1 aliphatic heterocycles. The molecule has 0 spiro atoms. The predicted octanol–water partition coefficient (Wildman–Crippen LogP) is 4.05. The number of halogens is 3. The normalized spacial score (nSPS) is 15.5. The topological polar surface area (TPSA) is 93.5 Å². The van der Waals surface area contributed by atoms with E-state index in [1.165, 1.54) is 0 Å². The third-order valence-electron chi connectivity index (χ3n) is 5.67. The van der Waals surface area contributed by atoms with Gasteiger partial charge in [0.05, 0.1) is 16.6 Å². The molecule has 35 heavy (non-hydrogen) atoms. The summed E-state index contributed by atoms with van der Waals surface area (Å²) in [6, 6.07) is 2.74. The Balaban J connectivity index is 1.72. The number of fused-ring (bicyclic) bond motifs is 1. The molecule has 1 saturated heterocycles. The quantitative estimate of drug-likeness (QED) is 0.689. The summed E-state index contributed by atoms with van der Waals surface area (Å²) >= 11 is 0. The predicted molar refractivity (Wildman–Crippen MR) is 124 cm³/mol. The number of ether oxygens (including phenoxy) is 1. The maximum absolute atomic E-state index is 13.2. The van der Waals surface area contributed by atoms with E-state index in [-0.39, 0.29) is 29.3 Å². The van der Waals surface area contributed by atoms with Gasteiger partial charge < -0.3 is 15.0 Å². The molecular weight excluding hydrogens is 465 g/mol. The molecule has 1 aromatic carbocycles. The third-order valence-corrected chi connectivity index (χ3v) is 5.67. The van der Waals surface area contributed by atoms with Gasteiger partial charge in [0.15, 0.2) is 0 Å². The maximum atomic E-state index is 13.2. The van der Waals surface area contributed by atoms with Crippen LogP contribution in [0.15, 0.2) is 23.0 Å². The van der Waals surface area contributed by atoms with Gasteiger partial charge in [-0.05, 0) is 57.7 Å². The molecule has 2 amide bonds. The Bertz CT molecular complexity index is 1160. The largest absolute Gasteiger partial charge is 0.444 e. The second-order valence-corrected chi connectivity index (χ2v) is 10.1. The van der Waals surface area contributed by atoms with Crippen molar-refractivity contribution in [3.63, 3.8) is 0 Å². The molecule has 0 radical (unpaired) electrons. The van der Waals surface area contributed by atoms with Crippen LogP contribution < -0.4 is 10.9 Å². The summed E-state index contributed by atoms with van der Waals surface area (Å²) in [5, 5.41) is 7.30. The summed E-state index contributed by atoms with van der Waals surface area (Å²) in [6.07, 6.45) is -3.88. The van der Waals surface area contributed by atoms with E-state index in [0.29, 0.717) is 31.6 Å². The molecule has 2 heterocycles. The average Bonchev–Trinajstić information content (AvgIpc) is 2.73. The number of likely N-dealkylation sites (tertiary alicyclic amines) is 1. The number of nitrogens with zero attached hydrogens (tertiary/aromatic N) is 3. The fourth-order valence-corrected chi connectivity index (χ4v) is 3.96. The minimum absolute atomic E-state index is 0.0789. The van der Waals surface area contributed by atoms with Gasteiger partial charge in [-0.25, -0.2) is 9.48 Å². The summed E-state index contributed by atoms with van der Waals surface area (Å²) in [4.78, 5) is 39.4. The van der Waals surface area contributed by atoms with Gasteiger partial charge in [-0.2, -0.15) is 18.3 Å². The molecule has 3 rings (SSSR count). The molecule has 1 aromatic heterocycles. The molecule has 192 valence electrons. The summed E-state index contributed by atoms with van der Waals surface area (Å²) in [7, 11) is 0. The monoisotopic (exact) mass is 496 g/mol. The van der Waals surface area contributed by atoms with Crippen LogP contribution in [0.1, 0.15) is 64.6 Å². The van der Waals surface area contributed by atoms with Crippen LogP contribution in [0, 0.1) is 0 Å². The zero-order chi connectivity index (χ0) is 26.1. The highest BCUT2D eigenvalue weighted by atomic mass is 19.4. The van der Waals surface area contributed by atoms with E-state index in [2.05, 4.69) is 10.4 Å². The van der Waals surface area contributed by atoms with Gasteiger partial charge in [0.1, 0.15) is 12.1 Å². The number of nitrogens with one attached hydrogen (secondary N) is 1. The van der Waals surface area contributed by atoms with Crippen molar-refractivity contribution in [2.75, 3.05) is 13.1 Å². The van der Waals surface area contributed by atoms with Gasteiger partial charge in [0.2, 0.25) is 5.91 Å². The van der Waals surface area contributed by atoms with Crippen LogP contribution in [0.25, 0.3) is 10.8 Å². The molecule has 0 bridgehead atoms. The Morgan fingerprint density at radius 2 is 1.77 bits per heavy atom. The Morgan fingerprint density at radius 3 is 2.31 bits per heavy atom. The highest BCUT2D eigenvalue weighted by Crippen LogP contribution is 2.32. The first-order valence-electron chi connectivity index (χ1n) is 11.5. The Morgan fingerprint density at radius 1 is 1.14 bits per heavy atom. The molecule has 1 fully saturated rings. The minimum atomic E-state index is -4.55. The van der Waals surface area contributed by atoms with Gasteiger partial charge in [0, 0.05) is 24.5 Å². The lowest BCUT2D eigenvalue weighted by atomic mass is 10.0. The molecule has 1 aliphatic rings. The Labute approximate surface area is 201 Å². The van der Waals surface area contributed by atoms with E-state index in [4.69, 9.17) is 4.74 Å². The van der Waals surface area contributed by atoms with Crippen molar-refractivity contribution in [3.8, 4) is 0 Å². The number of hydrogen-bond donors (Lipinski definition) is 1. The maximum Gasteiger partial charge on any atom is 0.416 e. The van der Waals surface area contributed by atoms with Crippen LogP contribution in [-0.4, -0.2) is 51.4 Å². The lowest BCUT2D eigenvalue weighted by Gasteiger charge is -2.33. The van der Waals surface area contributed by atoms with Crippen molar-refractivity contribution in [3.05, 3.63) is 39.8 Å². The average molecular weight is 497 g/mol. The van der Waals surface area contributed by atoms with E-state index in [9.17, 15) is 27.6 Å². The van der Waals surface area contributed by atoms with Crippen LogP contribution in [0.4, 0.5) is 18.0 Å². The minimum Gasteiger partial charge on any atom is -0.444 e. The highest BCUT2D eigenvalue weighted by molar-refractivity contribution is 5.85. The Kier molecular flexibility index (Phi) is 7.47. The van der Waals surface area contributed by atoms with Crippen LogP contribution in [0.5, 0.6) is 0 Å². The molecule has 0 aliphatic carbocycles. The van der Waals surface area contributed by atoms with Gasteiger partial charge >= 0.3 is 12.3 Å².